The van der Waals surface area contributed by atoms with Crippen molar-refractivity contribution < 1.29 is 4.79 Å². The number of carbonyl (C=O) groups excluding carboxylic acids is 1. The van der Waals surface area contributed by atoms with Crippen LogP contribution >= 0.6 is 11.6 Å². The van der Waals surface area contributed by atoms with Gasteiger partial charge in [-0.2, -0.15) is 5.10 Å². The van der Waals surface area contributed by atoms with Crippen molar-refractivity contribution in [2.45, 2.75) is 0 Å². The van der Waals surface area contributed by atoms with E-state index in [9.17, 15) is 9.59 Å². The smallest absolute Gasteiger partial charge is 0.302 e. The molecule has 0 aliphatic heterocycles. The highest BCUT2D eigenvalue weighted by Gasteiger charge is 2.10. The molecule has 3 rings (SSSR count). The number of halogens is 1. The number of amides is 1. The second kappa shape index (κ2) is 6.41. The van der Waals surface area contributed by atoms with E-state index in [2.05, 4.69) is 20.5 Å². The highest BCUT2D eigenvalue weighted by atomic mass is 35.5. The van der Waals surface area contributed by atoms with Gasteiger partial charge in [-0.3, -0.25) is 9.59 Å². The molecule has 1 amide bonds. The number of H-pyrrole nitrogens is 1. The number of rotatable bonds is 3. The fourth-order valence-corrected chi connectivity index (χ4v) is 2.09. The van der Waals surface area contributed by atoms with E-state index >= 15 is 0 Å². The average molecular weight is 327 g/mol. The van der Waals surface area contributed by atoms with Crippen molar-refractivity contribution in [2.75, 3.05) is 0 Å². The predicted octanol–water partition coefficient (Wildman–Crippen LogP) is 2.34. The van der Waals surface area contributed by atoms with Gasteiger partial charge in [-0.1, -0.05) is 35.9 Å². The lowest BCUT2D eigenvalue weighted by Gasteiger charge is -2.01. The molecule has 2 N–H and O–H groups in total. The molecule has 0 atom stereocenters. The van der Waals surface area contributed by atoms with Crippen LogP contribution in [-0.4, -0.2) is 22.1 Å². The standard InChI is InChI=1S/C16H11ClN4O2/c17-11-7-5-10(6-8-11)9-18-21-16(23)14-19-13-4-2-1-3-12(13)15(22)20-14/h1-9H,(H,21,23)(H,19,20,22)/b18-9-. The van der Waals surface area contributed by atoms with Gasteiger partial charge in [-0.05, 0) is 29.8 Å². The minimum atomic E-state index is -0.599. The van der Waals surface area contributed by atoms with Crippen LogP contribution in [0.5, 0.6) is 0 Å². The van der Waals surface area contributed by atoms with Crippen LogP contribution < -0.4 is 11.0 Å². The molecule has 23 heavy (non-hydrogen) atoms. The number of aromatic amines is 1. The first-order chi connectivity index (χ1) is 11.1. The molecule has 0 saturated carbocycles. The summed E-state index contributed by atoms with van der Waals surface area (Å²) in [5.41, 5.74) is 3.17. The lowest BCUT2D eigenvalue weighted by molar-refractivity contribution is 0.0945. The second-order valence-corrected chi connectivity index (χ2v) is 5.12. The molecule has 3 aromatic rings. The zero-order valence-corrected chi connectivity index (χ0v) is 12.5. The number of nitrogens with one attached hydrogen (secondary N) is 2. The quantitative estimate of drug-likeness (QED) is 0.572. The van der Waals surface area contributed by atoms with Gasteiger partial charge in [0.2, 0.25) is 5.82 Å². The number of nitrogens with zero attached hydrogens (tertiary/aromatic N) is 2. The van der Waals surface area contributed by atoms with Crippen LogP contribution in [0.1, 0.15) is 16.2 Å². The van der Waals surface area contributed by atoms with Gasteiger partial charge in [0.05, 0.1) is 17.1 Å². The SMILES string of the molecule is O=C(N/N=C\c1ccc(Cl)cc1)c1nc2ccccc2c(=O)[nH]1. The van der Waals surface area contributed by atoms with Gasteiger partial charge in [0.25, 0.3) is 5.56 Å². The Balaban J connectivity index is 1.78. The fraction of sp³-hybridized carbons (Fsp3) is 0. The van der Waals surface area contributed by atoms with Gasteiger partial charge in [-0.15, -0.1) is 0 Å². The first-order valence-corrected chi connectivity index (χ1v) is 7.09. The number of aromatic nitrogens is 2. The van der Waals surface area contributed by atoms with Crippen LogP contribution in [0.2, 0.25) is 5.02 Å². The molecule has 0 saturated heterocycles. The van der Waals surface area contributed by atoms with Crippen molar-refractivity contribution in [1.82, 2.24) is 15.4 Å². The molecule has 0 unspecified atom stereocenters. The molecule has 0 spiro atoms. The minimum absolute atomic E-state index is 0.0954. The summed E-state index contributed by atoms with van der Waals surface area (Å²) in [4.78, 5) is 30.5. The number of hydrazone groups is 1. The maximum atomic E-state index is 12.0. The Hall–Kier alpha value is -2.99. The molecule has 0 aliphatic rings. The van der Waals surface area contributed by atoms with Crippen LogP contribution in [0, 0.1) is 0 Å². The van der Waals surface area contributed by atoms with Crippen molar-refractivity contribution in [3.8, 4) is 0 Å². The van der Waals surface area contributed by atoms with Gasteiger partial charge in [0, 0.05) is 5.02 Å². The fourth-order valence-electron chi connectivity index (χ4n) is 1.96. The van der Waals surface area contributed by atoms with Crippen LogP contribution in [0.15, 0.2) is 58.4 Å². The van der Waals surface area contributed by atoms with Crippen molar-refractivity contribution >= 4 is 34.6 Å². The zero-order chi connectivity index (χ0) is 16.2. The van der Waals surface area contributed by atoms with Crippen LogP contribution in [0.3, 0.4) is 0 Å². The summed E-state index contributed by atoms with van der Waals surface area (Å²) in [6.07, 6.45) is 1.47. The number of hydrogen-bond acceptors (Lipinski definition) is 4. The molecule has 1 aromatic heterocycles. The van der Waals surface area contributed by atoms with E-state index in [1.165, 1.54) is 6.21 Å². The van der Waals surface area contributed by atoms with Gasteiger partial charge < -0.3 is 4.98 Å². The van der Waals surface area contributed by atoms with Gasteiger partial charge in [0.1, 0.15) is 0 Å². The molecule has 7 heteroatoms. The predicted molar refractivity (Wildman–Crippen MR) is 88.9 cm³/mol. The van der Waals surface area contributed by atoms with Crippen molar-refractivity contribution in [3.05, 3.63) is 75.3 Å². The van der Waals surface area contributed by atoms with Crippen molar-refractivity contribution in [2.24, 2.45) is 5.10 Å². The number of fused-ring (bicyclic) bond motifs is 1. The average Bonchev–Trinajstić information content (AvgIpc) is 2.56. The van der Waals surface area contributed by atoms with Gasteiger partial charge >= 0.3 is 5.91 Å². The largest absolute Gasteiger partial charge is 0.307 e. The topological polar surface area (TPSA) is 87.2 Å². The maximum Gasteiger partial charge on any atom is 0.307 e. The van der Waals surface area contributed by atoms with Crippen LogP contribution in [0.4, 0.5) is 0 Å². The number of hydrogen-bond donors (Lipinski definition) is 2. The molecule has 0 radical (unpaired) electrons. The highest BCUT2D eigenvalue weighted by molar-refractivity contribution is 6.30. The lowest BCUT2D eigenvalue weighted by Crippen LogP contribution is -2.24. The van der Waals surface area contributed by atoms with Gasteiger partial charge in [0.15, 0.2) is 0 Å². The number of para-hydroxylation sites is 1. The summed E-state index contributed by atoms with van der Waals surface area (Å²) < 4.78 is 0. The number of carbonyl (C=O) groups is 1. The monoisotopic (exact) mass is 326 g/mol. The third-order valence-electron chi connectivity index (χ3n) is 3.08. The summed E-state index contributed by atoms with van der Waals surface area (Å²) in [6.45, 7) is 0. The van der Waals surface area contributed by atoms with Crippen molar-refractivity contribution in [3.63, 3.8) is 0 Å². The van der Waals surface area contributed by atoms with E-state index < -0.39 is 5.91 Å². The summed E-state index contributed by atoms with van der Waals surface area (Å²) in [6, 6.07) is 13.7. The lowest BCUT2D eigenvalue weighted by atomic mass is 10.2. The molecule has 0 bridgehead atoms. The normalized spacial score (nSPS) is 11.0. The molecule has 0 fully saturated rings. The summed E-state index contributed by atoms with van der Waals surface area (Å²) in [5, 5.41) is 4.87. The number of benzene rings is 2. The van der Waals surface area contributed by atoms with Gasteiger partial charge in [-0.25, -0.2) is 10.4 Å². The van der Waals surface area contributed by atoms with E-state index in [0.717, 1.165) is 5.56 Å². The Morgan fingerprint density at radius 3 is 2.70 bits per heavy atom. The Bertz CT molecular complexity index is 948. The summed E-state index contributed by atoms with van der Waals surface area (Å²) >= 11 is 5.78. The van der Waals surface area contributed by atoms with E-state index in [1.54, 1.807) is 48.5 Å². The molecular weight excluding hydrogens is 316 g/mol. The first kappa shape index (κ1) is 14.9. The molecule has 2 aromatic carbocycles. The van der Waals surface area contributed by atoms with E-state index in [1.807, 2.05) is 0 Å². The Morgan fingerprint density at radius 1 is 1.17 bits per heavy atom. The first-order valence-electron chi connectivity index (χ1n) is 6.71. The Kier molecular flexibility index (Phi) is 4.16. The van der Waals surface area contributed by atoms with E-state index in [-0.39, 0.29) is 11.4 Å². The molecular formula is C16H11ClN4O2. The summed E-state index contributed by atoms with van der Waals surface area (Å²) in [7, 11) is 0. The Labute approximate surface area is 135 Å². The van der Waals surface area contributed by atoms with Crippen LogP contribution in [0.25, 0.3) is 10.9 Å². The van der Waals surface area contributed by atoms with Crippen LogP contribution in [-0.2, 0) is 0 Å². The maximum absolute atomic E-state index is 12.0. The second-order valence-electron chi connectivity index (χ2n) is 4.68. The third kappa shape index (κ3) is 3.44. The van der Waals surface area contributed by atoms with E-state index in [0.29, 0.717) is 15.9 Å². The Morgan fingerprint density at radius 2 is 1.91 bits per heavy atom. The van der Waals surface area contributed by atoms with E-state index in [4.69, 9.17) is 11.6 Å². The summed E-state index contributed by atoms with van der Waals surface area (Å²) in [5.74, 6) is -0.694. The zero-order valence-electron chi connectivity index (χ0n) is 11.8. The molecule has 1 heterocycles. The molecule has 114 valence electrons. The third-order valence-corrected chi connectivity index (χ3v) is 3.33. The van der Waals surface area contributed by atoms with Crippen molar-refractivity contribution in [1.29, 1.82) is 0 Å². The molecule has 0 aliphatic carbocycles. The minimum Gasteiger partial charge on any atom is -0.302 e. The highest BCUT2D eigenvalue weighted by Crippen LogP contribution is 2.08. The molecule has 6 nitrogen and oxygen atoms in total.